The Morgan fingerprint density at radius 2 is 1.95 bits per heavy atom. The van der Waals surface area contributed by atoms with Gasteiger partial charge in [-0.05, 0) is 5.56 Å². The van der Waals surface area contributed by atoms with Gasteiger partial charge in [-0.25, -0.2) is 4.68 Å². The Labute approximate surface area is 116 Å². The molecule has 2 N–H and O–H groups in total. The highest BCUT2D eigenvalue weighted by atomic mass is 16.2. The van der Waals surface area contributed by atoms with E-state index in [2.05, 4.69) is 20.9 Å². The molecule has 0 unspecified atom stereocenters. The van der Waals surface area contributed by atoms with Crippen LogP contribution >= 0.6 is 0 Å². The Bertz CT molecular complexity index is 621. The maximum absolute atomic E-state index is 11.7. The monoisotopic (exact) mass is 273 g/mol. The average molecular weight is 273 g/mol. The first kappa shape index (κ1) is 13.7. The van der Waals surface area contributed by atoms with E-state index in [1.165, 1.54) is 18.7 Å². The fourth-order valence-corrected chi connectivity index (χ4v) is 1.74. The van der Waals surface area contributed by atoms with Gasteiger partial charge in [0.25, 0.3) is 5.91 Å². The van der Waals surface area contributed by atoms with E-state index < -0.39 is 5.91 Å². The second kappa shape index (κ2) is 5.96. The van der Waals surface area contributed by atoms with Gasteiger partial charge in [-0.3, -0.25) is 9.59 Å². The molecule has 0 radical (unpaired) electrons. The van der Waals surface area contributed by atoms with E-state index in [1.807, 2.05) is 30.3 Å². The molecule has 0 aliphatic rings. The zero-order chi connectivity index (χ0) is 14.5. The van der Waals surface area contributed by atoms with Crippen LogP contribution in [0, 0.1) is 0 Å². The molecule has 7 nitrogen and oxygen atoms in total. The molecule has 1 aromatic heterocycles. The number of anilines is 1. The van der Waals surface area contributed by atoms with Crippen molar-refractivity contribution in [1.29, 1.82) is 0 Å². The van der Waals surface area contributed by atoms with E-state index in [0.717, 1.165) is 5.56 Å². The normalized spacial score (nSPS) is 10.1. The van der Waals surface area contributed by atoms with Gasteiger partial charge < -0.3 is 10.6 Å². The number of nitrogens with zero attached hydrogens (tertiary/aromatic N) is 3. The highest BCUT2D eigenvalue weighted by molar-refractivity contribution is 6.00. The van der Waals surface area contributed by atoms with Crippen molar-refractivity contribution < 1.29 is 9.59 Å². The lowest BCUT2D eigenvalue weighted by Crippen LogP contribution is -2.22. The molecule has 104 valence electrons. The third kappa shape index (κ3) is 3.00. The highest BCUT2D eigenvalue weighted by Gasteiger charge is 2.19. The van der Waals surface area contributed by atoms with E-state index in [-0.39, 0.29) is 11.6 Å². The van der Waals surface area contributed by atoms with Gasteiger partial charge in [0, 0.05) is 14.0 Å². The second-order valence-corrected chi connectivity index (χ2v) is 4.19. The number of nitrogens with one attached hydrogen (secondary N) is 2. The zero-order valence-corrected chi connectivity index (χ0v) is 11.3. The fourth-order valence-electron chi connectivity index (χ4n) is 1.74. The maximum atomic E-state index is 11.7. The summed E-state index contributed by atoms with van der Waals surface area (Å²) in [6, 6.07) is 9.58. The van der Waals surface area contributed by atoms with Crippen LogP contribution in [0.4, 0.5) is 5.82 Å². The van der Waals surface area contributed by atoms with Crippen LogP contribution in [0.3, 0.4) is 0 Å². The third-order valence-electron chi connectivity index (χ3n) is 2.65. The Morgan fingerprint density at radius 1 is 1.25 bits per heavy atom. The van der Waals surface area contributed by atoms with Crippen molar-refractivity contribution in [1.82, 2.24) is 20.3 Å². The van der Waals surface area contributed by atoms with Gasteiger partial charge in [-0.2, -0.15) is 0 Å². The lowest BCUT2D eigenvalue weighted by atomic mass is 10.2. The van der Waals surface area contributed by atoms with Gasteiger partial charge in [-0.15, -0.1) is 5.10 Å². The van der Waals surface area contributed by atoms with Gasteiger partial charge >= 0.3 is 0 Å². The summed E-state index contributed by atoms with van der Waals surface area (Å²) < 4.78 is 1.49. The van der Waals surface area contributed by atoms with Crippen molar-refractivity contribution in [3.8, 4) is 0 Å². The summed E-state index contributed by atoms with van der Waals surface area (Å²) in [5, 5.41) is 12.8. The molecular weight excluding hydrogens is 258 g/mol. The van der Waals surface area contributed by atoms with Crippen molar-refractivity contribution in [2.75, 3.05) is 12.4 Å². The summed E-state index contributed by atoms with van der Waals surface area (Å²) in [6.45, 7) is 1.79. The van der Waals surface area contributed by atoms with Crippen LogP contribution in [0.2, 0.25) is 0 Å². The standard InChI is InChI=1S/C13H15N5O2/c1-9(19)15-12-11(13(20)14-2)16-17-18(12)8-10-6-4-3-5-7-10/h3-7H,8H2,1-2H3,(H,14,20)(H,15,19). The lowest BCUT2D eigenvalue weighted by molar-refractivity contribution is -0.114. The van der Waals surface area contributed by atoms with Crippen LogP contribution in [0.15, 0.2) is 30.3 Å². The van der Waals surface area contributed by atoms with Gasteiger partial charge in [0.1, 0.15) is 0 Å². The topological polar surface area (TPSA) is 88.9 Å². The van der Waals surface area contributed by atoms with Crippen LogP contribution < -0.4 is 10.6 Å². The van der Waals surface area contributed by atoms with E-state index >= 15 is 0 Å². The fraction of sp³-hybridized carbons (Fsp3) is 0.231. The minimum absolute atomic E-state index is 0.0960. The second-order valence-electron chi connectivity index (χ2n) is 4.19. The predicted octanol–water partition coefficient (Wildman–Crippen LogP) is 0.644. The first-order valence-corrected chi connectivity index (χ1v) is 6.09. The number of carbonyl (C=O) groups excluding carboxylic acids is 2. The van der Waals surface area contributed by atoms with Crippen LogP contribution in [0.5, 0.6) is 0 Å². The van der Waals surface area contributed by atoms with Gasteiger partial charge in [0.05, 0.1) is 6.54 Å². The molecule has 0 saturated heterocycles. The first-order chi connectivity index (χ1) is 9.61. The SMILES string of the molecule is CNC(=O)c1nnn(Cc2ccccc2)c1NC(C)=O. The smallest absolute Gasteiger partial charge is 0.275 e. The third-order valence-corrected chi connectivity index (χ3v) is 2.65. The number of rotatable bonds is 4. The number of benzene rings is 1. The first-order valence-electron chi connectivity index (χ1n) is 6.09. The summed E-state index contributed by atoms with van der Waals surface area (Å²) in [5.41, 5.74) is 1.09. The number of carbonyl (C=O) groups is 2. The van der Waals surface area contributed by atoms with E-state index in [4.69, 9.17) is 0 Å². The molecule has 20 heavy (non-hydrogen) atoms. The number of amides is 2. The molecule has 0 bridgehead atoms. The minimum atomic E-state index is -0.395. The number of aromatic nitrogens is 3. The summed E-state index contributed by atoms with van der Waals surface area (Å²) in [7, 11) is 1.50. The molecule has 0 aliphatic heterocycles. The molecule has 7 heteroatoms. The predicted molar refractivity (Wildman–Crippen MR) is 73.3 cm³/mol. The Balaban J connectivity index is 2.35. The van der Waals surface area contributed by atoms with Gasteiger partial charge in [0.15, 0.2) is 11.5 Å². The van der Waals surface area contributed by atoms with E-state index in [9.17, 15) is 9.59 Å². The molecule has 1 heterocycles. The summed E-state index contributed by atoms with van der Waals surface area (Å²) in [5.74, 6) is -0.388. The maximum Gasteiger partial charge on any atom is 0.275 e. The molecule has 0 fully saturated rings. The molecular formula is C13H15N5O2. The lowest BCUT2D eigenvalue weighted by Gasteiger charge is -2.07. The Morgan fingerprint density at radius 3 is 2.55 bits per heavy atom. The minimum Gasteiger partial charge on any atom is -0.354 e. The van der Waals surface area contributed by atoms with Crippen molar-refractivity contribution in [2.24, 2.45) is 0 Å². The molecule has 2 amide bonds. The molecule has 0 atom stereocenters. The molecule has 0 spiro atoms. The summed E-state index contributed by atoms with van der Waals surface area (Å²) >= 11 is 0. The largest absolute Gasteiger partial charge is 0.354 e. The number of hydrogen-bond acceptors (Lipinski definition) is 4. The van der Waals surface area contributed by atoms with Crippen LogP contribution in [-0.2, 0) is 11.3 Å². The van der Waals surface area contributed by atoms with Crippen LogP contribution in [0.1, 0.15) is 23.0 Å². The average Bonchev–Trinajstić information content (AvgIpc) is 2.81. The molecule has 0 saturated carbocycles. The van der Waals surface area contributed by atoms with Crippen molar-refractivity contribution in [2.45, 2.75) is 13.5 Å². The van der Waals surface area contributed by atoms with Crippen molar-refractivity contribution in [3.05, 3.63) is 41.6 Å². The molecule has 0 aliphatic carbocycles. The number of hydrogen-bond donors (Lipinski definition) is 2. The van der Waals surface area contributed by atoms with Crippen LogP contribution in [0.25, 0.3) is 0 Å². The molecule has 2 rings (SSSR count). The van der Waals surface area contributed by atoms with Crippen molar-refractivity contribution >= 4 is 17.6 Å². The molecule has 2 aromatic rings. The summed E-state index contributed by atoms with van der Waals surface area (Å²) in [6.07, 6.45) is 0. The highest BCUT2D eigenvalue weighted by Crippen LogP contribution is 2.14. The van der Waals surface area contributed by atoms with Gasteiger partial charge in [-0.1, -0.05) is 35.5 Å². The Hall–Kier alpha value is -2.70. The van der Waals surface area contributed by atoms with Crippen LogP contribution in [-0.4, -0.2) is 33.9 Å². The van der Waals surface area contributed by atoms with E-state index in [0.29, 0.717) is 12.4 Å². The zero-order valence-electron chi connectivity index (χ0n) is 11.3. The van der Waals surface area contributed by atoms with Gasteiger partial charge in [0.2, 0.25) is 5.91 Å². The Kier molecular flexibility index (Phi) is 4.09. The molecule has 1 aromatic carbocycles. The van der Waals surface area contributed by atoms with E-state index in [1.54, 1.807) is 0 Å². The summed E-state index contributed by atoms with van der Waals surface area (Å²) in [4.78, 5) is 23.0. The quantitative estimate of drug-likeness (QED) is 0.855. The van der Waals surface area contributed by atoms with Crippen molar-refractivity contribution in [3.63, 3.8) is 0 Å².